The molecule has 4 aliphatic rings. The second kappa shape index (κ2) is 11.8. The van der Waals surface area contributed by atoms with Crippen molar-refractivity contribution in [1.29, 1.82) is 0 Å². The lowest BCUT2D eigenvalue weighted by molar-refractivity contribution is 0.122. The molecule has 3 fully saturated rings. The molecule has 10 nitrogen and oxygen atoms in total. The van der Waals surface area contributed by atoms with Gasteiger partial charge in [-0.1, -0.05) is 5.57 Å². The molecule has 0 spiro atoms. The van der Waals surface area contributed by atoms with Crippen LogP contribution >= 0.6 is 0 Å². The first kappa shape index (κ1) is 28.9. The van der Waals surface area contributed by atoms with Gasteiger partial charge in [-0.05, 0) is 73.5 Å². The van der Waals surface area contributed by atoms with Crippen molar-refractivity contribution in [3.63, 3.8) is 0 Å². The van der Waals surface area contributed by atoms with E-state index in [1.54, 1.807) is 28.6 Å². The van der Waals surface area contributed by atoms with Gasteiger partial charge in [0.25, 0.3) is 0 Å². The highest BCUT2D eigenvalue weighted by Crippen LogP contribution is 2.46. The topological polar surface area (TPSA) is 125 Å². The highest BCUT2D eigenvalue weighted by atomic mass is 32.2. The highest BCUT2D eigenvalue weighted by Gasteiger charge is 2.47. The standard InChI is InChI=1S/C30H37FN6O4S/c31-24-1-3-25(4-2-24)34-28-15-23-7-10-37(21-30(23,16-22(28)17-32)20-35-9-8-26(38)19-35)42(39,40)27-5-6-29(33-18-27)36-11-13-41-14-12-36/h1-6,15,17-18,26,38H,7-14,16,19-21,32H2/t26-,30+/m1/s1. The summed E-state index contributed by atoms with van der Waals surface area (Å²) >= 11 is 0. The molecule has 0 unspecified atom stereocenters. The van der Waals surface area contributed by atoms with Gasteiger partial charge in [0.15, 0.2) is 0 Å². The number of nitrogens with zero attached hydrogens (tertiary/aromatic N) is 5. The minimum absolute atomic E-state index is 0.169. The van der Waals surface area contributed by atoms with Gasteiger partial charge in [0.05, 0.1) is 30.7 Å². The largest absolute Gasteiger partial charge is 0.404 e. The monoisotopic (exact) mass is 596 g/mol. The highest BCUT2D eigenvalue weighted by molar-refractivity contribution is 7.89. The lowest BCUT2D eigenvalue weighted by atomic mass is 9.67. The van der Waals surface area contributed by atoms with E-state index in [4.69, 9.17) is 15.5 Å². The summed E-state index contributed by atoms with van der Waals surface area (Å²) in [6, 6.07) is 9.39. The number of aliphatic hydroxyl groups is 1. The fourth-order valence-electron chi connectivity index (χ4n) is 6.49. The quantitative estimate of drug-likeness (QED) is 0.521. The Labute approximate surface area is 246 Å². The SMILES string of the molecule is NC=C1C[C@]2(CN3CC[C@@H](O)C3)CN(S(=O)(=O)c3ccc(N4CCOCC4)nc3)CCC2=CC1=Nc1ccc(F)cc1. The zero-order valence-corrected chi connectivity index (χ0v) is 24.3. The Hall–Kier alpha value is -3.16. The van der Waals surface area contributed by atoms with Crippen LogP contribution in [0.2, 0.25) is 0 Å². The van der Waals surface area contributed by atoms with E-state index in [2.05, 4.69) is 14.8 Å². The van der Waals surface area contributed by atoms with E-state index < -0.39 is 21.5 Å². The van der Waals surface area contributed by atoms with Crippen LogP contribution in [0.25, 0.3) is 0 Å². The summed E-state index contributed by atoms with van der Waals surface area (Å²) in [4.78, 5) is 13.7. The number of rotatable bonds is 6. The first-order valence-corrected chi connectivity index (χ1v) is 15.9. The molecule has 2 aromatic rings. The molecule has 3 aliphatic heterocycles. The third-order valence-electron chi connectivity index (χ3n) is 8.70. The molecule has 3 saturated heterocycles. The molecule has 224 valence electrons. The van der Waals surface area contributed by atoms with E-state index in [1.807, 2.05) is 6.08 Å². The van der Waals surface area contributed by atoms with E-state index in [0.717, 1.165) is 36.6 Å². The second-order valence-corrected chi connectivity index (χ2v) is 13.4. The first-order valence-electron chi connectivity index (χ1n) is 14.4. The van der Waals surface area contributed by atoms with Crippen molar-refractivity contribution in [2.45, 2.75) is 30.3 Å². The van der Waals surface area contributed by atoms with Crippen molar-refractivity contribution in [1.82, 2.24) is 14.2 Å². The van der Waals surface area contributed by atoms with Crippen LogP contribution in [-0.4, -0.2) is 98.6 Å². The van der Waals surface area contributed by atoms with Crippen LogP contribution in [0.3, 0.4) is 0 Å². The summed E-state index contributed by atoms with van der Waals surface area (Å²) in [6.45, 7) is 5.18. The number of sulfonamides is 1. The second-order valence-electron chi connectivity index (χ2n) is 11.5. The van der Waals surface area contributed by atoms with Crippen LogP contribution in [0.15, 0.2) is 75.9 Å². The number of allylic oxidation sites excluding steroid dienone is 2. The number of aromatic nitrogens is 1. The van der Waals surface area contributed by atoms with Crippen molar-refractivity contribution < 1.29 is 22.7 Å². The normalized spacial score (nSPS) is 27.8. The van der Waals surface area contributed by atoms with E-state index in [9.17, 15) is 17.9 Å². The number of hydrogen-bond donors (Lipinski definition) is 2. The fourth-order valence-corrected chi connectivity index (χ4v) is 7.96. The number of β-amino-alcohol motifs (C(OH)–C–C–N with tert-alkyl or cyclic N) is 1. The summed E-state index contributed by atoms with van der Waals surface area (Å²) in [6.07, 6.45) is 6.36. The first-order chi connectivity index (χ1) is 20.3. The van der Waals surface area contributed by atoms with Crippen LogP contribution in [0, 0.1) is 11.2 Å². The maximum Gasteiger partial charge on any atom is 0.244 e. The molecule has 0 bridgehead atoms. The minimum atomic E-state index is -3.82. The molecule has 1 aromatic heterocycles. The molecule has 1 aliphatic carbocycles. The Morgan fingerprint density at radius 2 is 1.93 bits per heavy atom. The Morgan fingerprint density at radius 1 is 1.14 bits per heavy atom. The van der Waals surface area contributed by atoms with Gasteiger partial charge in [0, 0.05) is 57.4 Å². The molecule has 0 amide bonds. The molecular formula is C30H37FN6O4S. The van der Waals surface area contributed by atoms with Gasteiger partial charge in [-0.3, -0.25) is 4.90 Å². The minimum Gasteiger partial charge on any atom is -0.404 e. The predicted molar refractivity (Wildman–Crippen MR) is 159 cm³/mol. The summed E-state index contributed by atoms with van der Waals surface area (Å²) in [5.74, 6) is 0.407. The lowest BCUT2D eigenvalue weighted by Gasteiger charge is -2.48. The zero-order chi connectivity index (χ0) is 29.3. The predicted octanol–water partition coefficient (Wildman–Crippen LogP) is 2.45. The van der Waals surface area contributed by atoms with Crippen molar-refractivity contribution in [3.8, 4) is 0 Å². The van der Waals surface area contributed by atoms with E-state index in [0.29, 0.717) is 63.5 Å². The van der Waals surface area contributed by atoms with Crippen LogP contribution < -0.4 is 10.6 Å². The van der Waals surface area contributed by atoms with Gasteiger partial charge in [-0.2, -0.15) is 4.31 Å². The average molecular weight is 597 g/mol. The Kier molecular flexibility index (Phi) is 8.16. The number of aliphatic imine (C=N–C) groups is 1. The number of halogens is 1. The van der Waals surface area contributed by atoms with E-state index in [1.165, 1.54) is 24.5 Å². The Morgan fingerprint density at radius 3 is 2.60 bits per heavy atom. The van der Waals surface area contributed by atoms with Gasteiger partial charge in [0.2, 0.25) is 10.0 Å². The lowest BCUT2D eigenvalue weighted by Crippen LogP contribution is -2.53. The maximum absolute atomic E-state index is 14.0. The van der Waals surface area contributed by atoms with Gasteiger partial charge in [-0.15, -0.1) is 0 Å². The number of nitrogens with two attached hydrogens (primary N) is 1. The number of piperidine rings is 1. The van der Waals surface area contributed by atoms with Gasteiger partial charge in [-0.25, -0.2) is 22.8 Å². The van der Waals surface area contributed by atoms with Gasteiger partial charge in [0.1, 0.15) is 16.5 Å². The average Bonchev–Trinajstić information content (AvgIpc) is 3.42. The maximum atomic E-state index is 14.0. The number of hydrogen-bond acceptors (Lipinski definition) is 9. The van der Waals surface area contributed by atoms with E-state index >= 15 is 0 Å². The molecule has 0 radical (unpaired) electrons. The van der Waals surface area contributed by atoms with Gasteiger partial charge >= 0.3 is 0 Å². The van der Waals surface area contributed by atoms with Crippen molar-refractivity contribution in [3.05, 3.63) is 71.8 Å². The number of pyridine rings is 1. The van der Waals surface area contributed by atoms with Crippen LogP contribution in [0.5, 0.6) is 0 Å². The number of ether oxygens (including phenoxy) is 1. The van der Waals surface area contributed by atoms with Crippen molar-refractivity contribution in [2.24, 2.45) is 16.1 Å². The fraction of sp³-hybridized carbons (Fsp3) is 0.467. The summed E-state index contributed by atoms with van der Waals surface area (Å²) in [5.41, 5.74) is 8.83. The number of fused-ring (bicyclic) bond motifs is 1. The van der Waals surface area contributed by atoms with Crippen LogP contribution in [0.4, 0.5) is 15.9 Å². The molecule has 2 atom stereocenters. The smallest absolute Gasteiger partial charge is 0.244 e. The molecule has 3 N–H and O–H groups in total. The van der Waals surface area contributed by atoms with Crippen molar-refractivity contribution in [2.75, 3.05) is 63.9 Å². The zero-order valence-electron chi connectivity index (χ0n) is 23.5. The number of morpholine rings is 1. The number of benzene rings is 1. The molecular weight excluding hydrogens is 559 g/mol. The summed E-state index contributed by atoms with van der Waals surface area (Å²) < 4.78 is 48.4. The molecule has 4 heterocycles. The van der Waals surface area contributed by atoms with Gasteiger partial charge < -0.3 is 20.5 Å². The van der Waals surface area contributed by atoms with Crippen LogP contribution in [0.1, 0.15) is 19.3 Å². The summed E-state index contributed by atoms with van der Waals surface area (Å²) in [5, 5.41) is 10.2. The third kappa shape index (κ3) is 5.86. The molecule has 0 saturated carbocycles. The molecule has 12 heteroatoms. The Bertz CT molecular complexity index is 1490. The number of anilines is 1. The van der Waals surface area contributed by atoms with Crippen LogP contribution in [-0.2, 0) is 14.8 Å². The molecule has 6 rings (SSSR count). The number of aliphatic hydroxyl groups excluding tert-OH is 1. The summed E-state index contributed by atoms with van der Waals surface area (Å²) in [7, 11) is -3.82. The Balaban J connectivity index is 1.31. The molecule has 42 heavy (non-hydrogen) atoms. The molecule has 1 aromatic carbocycles. The van der Waals surface area contributed by atoms with Crippen molar-refractivity contribution >= 4 is 27.2 Å². The van der Waals surface area contributed by atoms with E-state index in [-0.39, 0.29) is 17.3 Å². The number of likely N-dealkylation sites (tertiary alicyclic amines) is 1. The third-order valence-corrected chi connectivity index (χ3v) is 10.5.